The maximum absolute atomic E-state index is 9.19. The summed E-state index contributed by atoms with van der Waals surface area (Å²) in [6.07, 6.45) is 0.715. The van der Waals surface area contributed by atoms with Crippen LogP contribution in [-0.4, -0.2) is 19.2 Å². The minimum absolute atomic E-state index is 0. The Morgan fingerprint density at radius 3 is 1.43 bits per heavy atom. The molecule has 0 fully saturated rings. The summed E-state index contributed by atoms with van der Waals surface area (Å²) in [6.45, 7) is 0. The van der Waals surface area contributed by atoms with Gasteiger partial charge in [-0.1, -0.05) is 0 Å². The Hall–Kier alpha value is 0.502. The van der Waals surface area contributed by atoms with E-state index >= 15 is 0 Å². The van der Waals surface area contributed by atoms with E-state index in [1.165, 1.54) is 0 Å². The SMILES string of the molecule is CS(=O)(=O)O.[F].[Pd]. The van der Waals surface area contributed by atoms with Crippen molar-refractivity contribution in [2.75, 3.05) is 6.26 Å². The van der Waals surface area contributed by atoms with E-state index in [1.54, 1.807) is 0 Å². The number of hydrogen-bond donors (Lipinski definition) is 1. The van der Waals surface area contributed by atoms with Crippen molar-refractivity contribution in [2.45, 2.75) is 0 Å². The van der Waals surface area contributed by atoms with Gasteiger partial charge in [-0.25, -0.2) is 0 Å². The van der Waals surface area contributed by atoms with Gasteiger partial charge in [0, 0.05) is 25.1 Å². The summed E-state index contributed by atoms with van der Waals surface area (Å²) in [7, 11) is -3.67. The summed E-state index contributed by atoms with van der Waals surface area (Å²) in [5, 5.41) is 0. The molecule has 0 saturated carbocycles. The zero-order valence-corrected chi connectivity index (χ0v) is 5.74. The normalized spacial score (nSPS) is 8.29. The summed E-state index contributed by atoms with van der Waals surface area (Å²) < 4.78 is 25.9. The molecule has 1 radical (unpaired) electrons. The Kier molecular flexibility index (Phi) is 10.4. The molecule has 0 saturated heterocycles. The minimum Gasteiger partial charge on any atom is -0.286 e. The molecule has 0 unspecified atom stereocenters. The maximum Gasteiger partial charge on any atom is 0.261 e. The summed E-state index contributed by atoms with van der Waals surface area (Å²) in [5.41, 5.74) is 0. The molecule has 0 spiro atoms. The summed E-state index contributed by atoms with van der Waals surface area (Å²) >= 11 is 0. The predicted molar refractivity (Wildman–Crippen MR) is 18.6 cm³/mol. The van der Waals surface area contributed by atoms with Crippen LogP contribution in [0.3, 0.4) is 0 Å². The van der Waals surface area contributed by atoms with Gasteiger partial charge < -0.3 is 0 Å². The van der Waals surface area contributed by atoms with Crippen LogP contribution in [0.15, 0.2) is 0 Å². The molecule has 0 bridgehead atoms. The van der Waals surface area contributed by atoms with Crippen molar-refractivity contribution >= 4 is 10.1 Å². The molecule has 0 atom stereocenters. The second-order valence-electron chi connectivity index (χ2n) is 0.733. The van der Waals surface area contributed by atoms with Gasteiger partial charge in [0.2, 0.25) is 0 Å². The maximum atomic E-state index is 9.19. The molecule has 3 nitrogen and oxygen atoms in total. The van der Waals surface area contributed by atoms with Gasteiger partial charge in [0.1, 0.15) is 0 Å². The Morgan fingerprint density at radius 1 is 1.43 bits per heavy atom. The van der Waals surface area contributed by atoms with Crippen LogP contribution in [0, 0.1) is 0 Å². The van der Waals surface area contributed by atoms with Crippen LogP contribution in [0.1, 0.15) is 0 Å². The molecule has 1 N–H and O–H groups in total. The number of halogens is 1. The van der Waals surface area contributed by atoms with Gasteiger partial charge in [-0.15, -0.1) is 0 Å². The Bertz CT molecular complexity index is 98.1. The summed E-state index contributed by atoms with van der Waals surface area (Å²) in [6, 6.07) is 0. The third-order valence-corrected chi connectivity index (χ3v) is 0. The van der Waals surface area contributed by atoms with Gasteiger partial charge in [0.15, 0.2) is 0 Å². The monoisotopic (exact) mass is 221 g/mol. The van der Waals surface area contributed by atoms with Crippen LogP contribution in [0.2, 0.25) is 0 Å². The quantitative estimate of drug-likeness (QED) is 0.460. The van der Waals surface area contributed by atoms with Gasteiger partial charge in [0.25, 0.3) is 10.1 Å². The fourth-order valence-electron chi connectivity index (χ4n) is 0. The summed E-state index contributed by atoms with van der Waals surface area (Å²) in [5.74, 6) is 0. The first-order valence-corrected chi connectivity index (χ1v) is 2.77. The zero-order valence-electron chi connectivity index (χ0n) is 3.37. The molecule has 7 heavy (non-hydrogen) atoms. The van der Waals surface area contributed by atoms with Crippen molar-refractivity contribution in [1.29, 1.82) is 0 Å². The van der Waals surface area contributed by atoms with Crippen LogP contribution in [0.25, 0.3) is 0 Å². The molecular formula is CH4FO3PdS. The van der Waals surface area contributed by atoms with Crippen LogP contribution in [0.4, 0.5) is 4.70 Å². The fraction of sp³-hybridized carbons (Fsp3) is 1.00. The zero-order chi connectivity index (χ0) is 4.50. The molecule has 0 rings (SSSR count). The van der Waals surface area contributed by atoms with Crippen LogP contribution >= 0.6 is 0 Å². The van der Waals surface area contributed by atoms with E-state index < -0.39 is 10.1 Å². The molecular weight excluding hydrogens is 217 g/mol. The molecule has 0 aromatic carbocycles. The van der Waals surface area contributed by atoms with E-state index in [0.29, 0.717) is 6.26 Å². The van der Waals surface area contributed by atoms with E-state index in [1.807, 2.05) is 0 Å². The van der Waals surface area contributed by atoms with Crippen molar-refractivity contribution in [2.24, 2.45) is 0 Å². The molecule has 0 aliphatic rings. The molecule has 0 aliphatic heterocycles. The Balaban J connectivity index is -0.0000000800. The molecule has 0 aromatic heterocycles. The minimum atomic E-state index is -3.67. The smallest absolute Gasteiger partial charge is 0.261 e. The third-order valence-electron chi connectivity index (χ3n) is 0. The average Bonchev–Trinajstić information content (AvgIpc) is 0.722. The standard InChI is InChI=1S/CH4O3S.F.Pd/c1-5(2,3)4;;/h1H3,(H,2,3,4);;. The van der Waals surface area contributed by atoms with Crippen molar-refractivity contribution < 1.29 is 38.1 Å². The second kappa shape index (κ2) is 4.66. The molecule has 0 heterocycles. The predicted octanol–water partition coefficient (Wildman–Crippen LogP) is -0.0783. The van der Waals surface area contributed by atoms with Gasteiger partial charge in [-0.05, 0) is 0 Å². The third kappa shape index (κ3) is 522. The van der Waals surface area contributed by atoms with Crippen molar-refractivity contribution in [3.05, 3.63) is 0 Å². The van der Waals surface area contributed by atoms with Gasteiger partial charge >= 0.3 is 0 Å². The van der Waals surface area contributed by atoms with Gasteiger partial charge in [0.05, 0.1) is 6.26 Å². The van der Waals surface area contributed by atoms with E-state index in [9.17, 15) is 8.42 Å². The average molecular weight is 222 g/mol. The Labute approximate surface area is 54.9 Å². The second-order valence-corrected chi connectivity index (χ2v) is 2.20. The van der Waals surface area contributed by atoms with E-state index in [-0.39, 0.29) is 25.1 Å². The van der Waals surface area contributed by atoms with Crippen molar-refractivity contribution in [1.82, 2.24) is 0 Å². The molecule has 0 amide bonds. The first-order valence-electron chi connectivity index (χ1n) is 0.924. The Morgan fingerprint density at radius 2 is 1.43 bits per heavy atom. The van der Waals surface area contributed by atoms with E-state index in [0.717, 1.165) is 0 Å². The number of hydrogen-bond acceptors (Lipinski definition) is 2. The molecule has 49 valence electrons. The van der Waals surface area contributed by atoms with Crippen LogP contribution in [0.5, 0.6) is 0 Å². The molecule has 0 aromatic rings. The van der Waals surface area contributed by atoms with Crippen LogP contribution < -0.4 is 0 Å². The molecule has 0 aliphatic carbocycles. The van der Waals surface area contributed by atoms with E-state index in [2.05, 4.69) is 0 Å². The first kappa shape index (κ1) is 15.6. The number of rotatable bonds is 0. The van der Waals surface area contributed by atoms with Gasteiger partial charge in [-0.2, -0.15) is 8.42 Å². The van der Waals surface area contributed by atoms with E-state index in [4.69, 9.17) is 4.55 Å². The summed E-state index contributed by atoms with van der Waals surface area (Å²) in [4.78, 5) is 0. The van der Waals surface area contributed by atoms with Crippen molar-refractivity contribution in [3.63, 3.8) is 0 Å². The van der Waals surface area contributed by atoms with Crippen LogP contribution in [-0.2, 0) is 30.5 Å². The fourth-order valence-corrected chi connectivity index (χ4v) is 0. The topological polar surface area (TPSA) is 54.4 Å². The van der Waals surface area contributed by atoms with Gasteiger partial charge in [-0.3, -0.25) is 4.55 Å². The first-order chi connectivity index (χ1) is 2.00. The largest absolute Gasteiger partial charge is 0.286 e. The van der Waals surface area contributed by atoms with Crippen molar-refractivity contribution in [3.8, 4) is 0 Å². The molecule has 6 heteroatoms.